The van der Waals surface area contributed by atoms with Crippen LogP contribution in [0.2, 0.25) is 0 Å². The number of methoxy groups -OCH3 is 1. The first-order valence-corrected chi connectivity index (χ1v) is 12.1. The van der Waals surface area contributed by atoms with Gasteiger partial charge in [0.15, 0.2) is 11.4 Å². The van der Waals surface area contributed by atoms with Crippen LogP contribution in [0.4, 0.5) is 0 Å². The molecule has 196 valence electrons. The normalized spacial score (nSPS) is 13.3. The third-order valence-electron chi connectivity index (χ3n) is 5.39. The Labute approximate surface area is 212 Å². The summed E-state index contributed by atoms with van der Waals surface area (Å²) in [7, 11) is 1.39. The highest BCUT2D eigenvalue weighted by Gasteiger charge is 2.30. The summed E-state index contributed by atoms with van der Waals surface area (Å²) in [6, 6.07) is 9.77. The molecule has 0 unspecified atom stereocenters. The van der Waals surface area contributed by atoms with Gasteiger partial charge in [0, 0.05) is 18.7 Å². The largest absolute Gasteiger partial charge is 0.493 e. The maximum absolute atomic E-state index is 13.0. The molecule has 9 nitrogen and oxygen atoms in total. The summed E-state index contributed by atoms with van der Waals surface area (Å²) in [5, 5.41) is 2.56. The van der Waals surface area contributed by atoms with E-state index in [2.05, 4.69) is 10.3 Å². The molecule has 3 atom stereocenters. The van der Waals surface area contributed by atoms with Gasteiger partial charge in [0.2, 0.25) is 5.75 Å². The molecule has 0 aliphatic rings. The highest BCUT2D eigenvalue weighted by Crippen LogP contribution is 2.30. The summed E-state index contributed by atoms with van der Waals surface area (Å²) in [5.41, 5.74) is -0.167. The van der Waals surface area contributed by atoms with Crippen molar-refractivity contribution in [3.8, 4) is 17.2 Å². The number of nitrogens with zero attached hydrogens (tertiary/aromatic N) is 1. The summed E-state index contributed by atoms with van der Waals surface area (Å²) in [6.45, 7) is 9.15. The summed E-state index contributed by atoms with van der Waals surface area (Å²) in [4.78, 5) is 42.0. The smallest absolute Gasteiger partial charge is 0.328 e. The molecule has 2 aromatic rings. The number of pyridine rings is 1. The standard InChI is InChI=1S/C27H36N2O7/c1-7-8-14-22(30)36-25-21(33-6)15-16-28-23(25)26(31)29-18(4)27(32)34-19(5)24(17(2)3)35-20-12-10-9-11-13-20/h9-13,15-19,24H,7-8,14H2,1-6H3,(H,29,31)/t18-,19-,24+/m0/s1. The molecule has 0 spiro atoms. The lowest BCUT2D eigenvalue weighted by Crippen LogP contribution is -2.44. The number of nitrogens with one attached hydrogen (secondary N) is 1. The van der Waals surface area contributed by atoms with Crippen LogP contribution in [0.1, 0.15) is 64.4 Å². The third-order valence-corrected chi connectivity index (χ3v) is 5.39. The molecule has 36 heavy (non-hydrogen) atoms. The van der Waals surface area contributed by atoms with E-state index in [1.54, 1.807) is 6.92 Å². The molecule has 1 N–H and O–H groups in total. The molecule has 0 fully saturated rings. The monoisotopic (exact) mass is 500 g/mol. The highest BCUT2D eigenvalue weighted by molar-refractivity contribution is 5.98. The van der Waals surface area contributed by atoms with Gasteiger partial charge in [-0.15, -0.1) is 0 Å². The van der Waals surface area contributed by atoms with Gasteiger partial charge < -0.3 is 24.3 Å². The number of rotatable bonds is 13. The van der Waals surface area contributed by atoms with Gasteiger partial charge in [-0.2, -0.15) is 0 Å². The molecule has 1 aromatic carbocycles. The van der Waals surface area contributed by atoms with Crippen LogP contribution in [-0.4, -0.2) is 48.2 Å². The van der Waals surface area contributed by atoms with Crippen molar-refractivity contribution in [2.45, 2.75) is 72.1 Å². The fraction of sp³-hybridized carbons (Fsp3) is 0.481. The third kappa shape index (κ3) is 8.25. The Hall–Kier alpha value is -3.62. The van der Waals surface area contributed by atoms with Crippen molar-refractivity contribution in [1.29, 1.82) is 0 Å². The van der Waals surface area contributed by atoms with E-state index in [1.807, 2.05) is 51.1 Å². The first-order valence-electron chi connectivity index (χ1n) is 12.1. The number of para-hydroxylation sites is 1. The maximum atomic E-state index is 13.0. The Balaban J connectivity index is 2.08. The number of carbonyl (C=O) groups excluding carboxylic acids is 3. The minimum Gasteiger partial charge on any atom is -0.493 e. The van der Waals surface area contributed by atoms with Gasteiger partial charge >= 0.3 is 11.9 Å². The number of hydrogen-bond acceptors (Lipinski definition) is 8. The minimum absolute atomic E-state index is 0.0591. The minimum atomic E-state index is -0.999. The molecular formula is C27H36N2O7. The molecule has 1 heterocycles. The van der Waals surface area contributed by atoms with Gasteiger partial charge in [0.1, 0.15) is 24.0 Å². The predicted octanol–water partition coefficient (Wildman–Crippen LogP) is 4.34. The van der Waals surface area contributed by atoms with Crippen molar-refractivity contribution in [2.75, 3.05) is 7.11 Å². The molecule has 0 saturated heterocycles. The van der Waals surface area contributed by atoms with Crippen molar-refractivity contribution in [3.63, 3.8) is 0 Å². The molecule has 9 heteroatoms. The van der Waals surface area contributed by atoms with E-state index in [0.29, 0.717) is 12.2 Å². The molecular weight excluding hydrogens is 464 g/mol. The summed E-state index contributed by atoms with van der Waals surface area (Å²) >= 11 is 0. The number of ether oxygens (including phenoxy) is 4. The van der Waals surface area contributed by atoms with E-state index in [9.17, 15) is 14.4 Å². The maximum Gasteiger partial charge on any atom is 0.328 e. The van der Waals surface area contributed by atoms with Crippen LogP contribution in [0.5, 0.6) is 17.2 Å². The SMILES string of the molecule is CCCCC(=O)Oc1c(OC)ccnc1C(=O)N[C@@H](C)C(=O)O[C@@H](C)[C@H](Oc1ccccc1)C(C)C. The first-order chi connectivity index (χ1) is 17.2. The van der Waals surface area contributed by atoms with Crippen LogP contribution in [0.15, 0.2) is 42.6 Å². The summed E-state index contributed by atoms with van der Waals surface area (Å²) in [5.74, 6) is -1.02. The van der Waals surface area contributed by atoms with Crippen LogP contribution in [0.3, 0.4) is 0 Å². The Morgan fingerprint density at radius 2 is 1.72 bits per heavy atom. The van der Waals surface area contributed by atoms with Crippen LogP contribution < -0.4 is 19.5 Å². The zero-order valence-electron chi connectivity index (χ0n) is 21.8. The van der Waals surface area contributed by atoms with Crippen LogP contribution in [0.25, 0.3) is 0 Å². The van der Waals surface area contributed by atoms with Crippen molar-refractivity contribution in [1.82, 2.24) is 10.3 Å². The van der Waals surface area contributed by atoms with Crippen LogP contribution in [-0.2, 0) is 14.3 Å². The molecule has 1 amide bonds. The number of amides is 1. The number of benzene rings is 1. The van der Waals surface area contributed by atoms with E-state index in [1.165, 1.54) is 26.3 Å². The number of carbonyl (C=O) groups is 3. The summed E-state index contributed by atoms with van der Waals surface area (Å²) < 4.78 is 22.3. The van der Waals surface area contributed by atoms with E-state index in [0.717, 1.165) is 6.42 Å². The Bertz CT molecular complexity index is 1010. The molecule has 1 aromatic heterocycles. The van der Waals surface area contributed by atoms with E-state index < -0.39 is 36.1 Å². The lowest BCUT2D eigenvalue weighted by Gasteiger charge is -2.29. The van der Waals surface area contributed by atoms with Crippen molar-refractivity contribution in [3.05, 3.63) is 48.3 Å². The Kier molecular flexibility index (Phi) is 11.2. The van der Waals surface area contributed by atoms with E-state index in [4.69, 9.17) is 18.9 Å². The Morgan fingerprint density at radius 1 is 1.03 bits per heavy atom. The molecule has 2 rings (SSSR count). The van der Waals surface area contributed by atoms with Crippen molar-refractivity contribution >= 4 is 17.8 Å². The number of aromatic nitrogens is 1. The average Bonchev–Trinajstić information content (AvgIpc) is 2.86. The first kappa shape index (κ1) is 28.6. The van der Waals surface area contributed by atoms with Gasteiger partial charge in [-0.1, -0.05) is 45.4 Å². The number of unbranched alkanes of at least 4 members (excludes halogenated alkanes) is 1. The number of esters is 2. The van der Waals surface area contributed by atoms with Crippen LogP contribution >= 0.6 is 0 Å². The Morgan fingerprint density at radius 3 is 2.33 bits per heavy atom. The average molecular weight is 501 g/mol. The highest BCUT2D eigenvalue weighted by atomic mass is 16.6. The second-order valence-corrected chi connectivity index (χ2v) is 8.75. The molecule has 0 radical (unpaired) electrons. The quantitative estimate of drug-likeness (QED) is 0.404. The summed E-state index contributed by atoms with van der Waals surface area (Å²) in [6.07, 6.45) is 2.04. The molecule has 0 aliphatic carbocycles. The van der Waals surface area contributed by atoms with Crippen molar-refractivity contribution < 1.29 is 33.3 Å². The van der Waals surface area contributed by atoms with Gasteiger partial charge in [-0.05, 0) is 38.3 Å². The topological polar surface area (TPSA) is 113 Å². The molecule has 0 aliphatic heterocycles. The van der Waals surface area contributed by atoms with Gasteiger partial charge in [0.05, 0.1) is 7.11 Å². The van der Waals surface area contributed by atoms with Crippen LogP contribution in [0, 0.1) is 5.92 Å². The number of hydrogen-bond donors (Lipinski definition) is 1. The molecule has 0 bridgehead atoms. The lowest BCUT2D eigenvalue weighted by molar-refractivity contribution is -0.155. The van der Waals surface area contributed by atoms with Gasteiger partial charge in [0.25, 0.3) is 5.91 Å². The second-order valence-electron chi connectivity index (χ2n) is 8.75. The fourth-order valence-corrected chi connectivity index (χ4v) is 3.44. The lowest BCUT2D eigenvalue weighted by atomic mass is 10.0. The zero-order valence-corrected chi connectivity index (χ0v) is 21.8. The predicted molar refractivity (Wildman–Crippen MR) is 134 cm³/mol. The van der Waals surface area contributed by atoms with E-state index >= 15 is 0 Å². The van der Waals surface area contributed by atoms with E-state index in [-0.39, 0.29) is 29.5 Å². The van der Waals surface area contributed by atoms with Gasteiger partial charge in [-0.3, -0.25) is 9.59 Å². The molecule has 0 saturated carbocycles. The second kappa shape index (κ2) is 14.1. The van der Waals surface area contributed by atoms with Gasteiger partial charge in [-0.25, -0.2) is 9.78 Å². The van der Waals surface area contributed by atoms with Crippen molar-refractivity contribution in [2.24, 2.45) is 5.92 Å². The fourth-order valence-electron chi connectivity index (χ4n) is 3.44. The zero-order chi connectivity index (χ0) is 26.7.